The van der Waals surface area contributed by atoms with E-state index < -0.39 is 0 Å². The Hall–Kier alpha value is -1.86. The topological polar surface area (TPSA) is 77.8 Å². The molecule has 0 fully saturated rings. The molecule has 0 amide bonds. The first-order valence-electron chi connectivity index (χ1n) is 7.75. The average Bonchev–Trinajstić information content (AvgIpc) is 2.99. The van der Waals surface area contributed by atoms with Gasteiger partial charge in [0.1, 0.15) is 0 Å². The molecule has 0 atom stereocenters. The van der Waals surface area contributed by atoms with Crippen molar-refractivity contribution in [1.82, 2.24) is 30.5 Å². The molecule has 0 aliphatic heterocycles. The van der Waals surface area contributed by atoms with E-state index in [-0.39, 0.29) is 6.10 Å². The summed E-state index contributed by atoms with van der Waals surface area (Å²) in [5.74, 6) is 1.51. The number of pyridine rings is 1. The zero-order valence-corrected chi connectivity index (χ0v) is 13.5. The van der Waals surface area contributed by atoms with Crippen LogP contribution in [0.25, 0.3) is 5.82 Å². The van der Waals surface area contributed by atoms with Gasteiger partial charge in [-0.25, -0.2) is 4.98 Å². The van der Waals surface area contributed by atoms with Gasteiger partial charge < -0.3 is 10.1 Å². The summed E-state index contributed by atoms with van der Waals surface area (Å²) in [6.45, 7) is 8.42. The molecule has 0 unspecified atom stereocenters. The highest BCUT2D eigenvalue weighted by Crippen LogP contribution is 2.08. The van der Waals surface area contributed by atoms with E-state index in [1.165, 1.54) is 5.56 Å². The molecule has 2 rings (SSSR count). The van der Waals surface area contributed by atoms with Crippen LogP contribution in [0.2, 0.25) is 0 Å². The van der Waals surface area contributed by atoms with E-state index in [1.807, 2.05) is 26.0 Å². The van der Waals surface area contributed by atoms with E-state index in [4.69, 9.17) is 4.74 Å². The van der Waals surface area contributed by atoms with Crippen molar-refractivity contribution in [3.8, 4) is 5.82 Å². The molecule has 0 aromatic carbocycles. The maximum Gasteiger partial charge on any atom is 0.172 e. The summed E-state index contributed by atoms with van der Waals surface area (Å²) in [4.78, 5) is 4.34. The highest BCUT2D eigenvalue weighted by molar-refractivity contribution is 5.27. The van der Waals surface area contributed by atoms with Crippen molar-refractivity contribution in [3.63, 3.8) is 0 Å². The van der Waals surface area contributed by atoms with E-state index in [0.29, 0.717) is 6.54 Å². The largest absolute Gasteiger partial charge is 0.379 e. The summed E-state index contributed by atoms with van der Waals surface area (Å²) in [6, 6.07) is 4.01. The molecule has 0 radical (unpaired) electrons. The standard InChI is InChI=1S/C15H24N6O/c1-4-13-6-8-17-14(10-13)21-15(18-19-20-21)11-16-7-5-9-22-12(2)3/h6,8,10,12,16H,4-5,7,9,11H2,1-3H3. The molecular weight excluding hydrogens is 280 g/mol. The fourth-order valence-electron chi connectivity index (χ4n) is 2.01. The third kappa shape index (κ3) is 4.85. The van der Waals surface area contributed by atoms with Crippen LogP contribution in [-0.2, 0) is 17.7 Å². The molecule has 2 aromatic heterocycles. The lowest BCUT2D eigenvalue weighted by Gasteiger charge is -2.08. The van der Waals surface area contributed by atoms with Gasteiger partial charge in [0.25, 0.3) is 0 Å². The van der Waals surface area contributed by atoms with Crippen molar-refractivity contribution >= 4 is 0 Å². The third-order valence-electron chi connectivity index (χ3n) is 3.20. The van der Waals surface area contributed by atoms with Crippen molar-refractivity contribution in [3.05, 3.63) is 29.7 Å². The van der Waals surface area contributed by atoms with Crippen molar-refractivity contribution < 1.29 is 4.74 Å². The average molecular weight is 304 g/mol. The van der Waals surface area contributed by atoms with Crippen LogP contribution in [-0.4, -0.2) is 44.4 Å². The first kappa shape index (κ1) is 16.5. The Bertz CT molecular complexity index is 569. The number of tetrazole rings is 1. The first-order valence-corrected chi connectivity index (χ1v) is 7.75. The molecule has 0 saturated heterocycles. The molecule has 1 N–H and O–H groups in total. The maximum absolute atomic E-state index is 5.50. The van der Waals surface area contributed by atoms with Gasteiger partial charge in [0, 0.05) is 12.8 Å². The zero-order valence-electron chi connectivity index (χ0n) is 13.5. The van der Waals surface area contributed by atoms with Crippen LogP contribution in [0.4, 0.5) is 0 Å². The number of hydrogen-bond acceptors (Lipinski definition) is 6. The molecule has 120 valence electrons. The van der Waals surface area contributed by atoms with Gasteiger partial charge >= 0.3 is 0 Å². The Labute approximate surface area is 131 Å². The van der Waals surface area contributed by atoms with Crippen LogP contribution >= 0.6 is 0 Å². The van der Waals surface area contributed by atoms with Crippen LogP contribution in [0.3, 0.4) is 0 Å². The zero-order chi connectivity index (χ0) is 15.8. The van der Waals surface area contributed by atoms with Crippen LogP contribution in [0.1, 0.15) is 38.6 Å². The highest BCUT2D eigenvalue weighted by Gasteiger charge is 2.09. The lowest BCUT2D eigenvalue weighted by atomic mass is 10.2. The second-order valence-corrected chi connectivity index (χ2v) is 5.33. The molecule has 0 aliphatic rings. The smallest absolute Gasteiger partial charge is 0.172 e. The van der Waals surface area contributed by atoms with Crippen LogP contribution in [0, 0.1) is 0 Å². The third-order valence-corrected chi connectivity index (χ3v) is 3.20. The summed E-state index contributed by atoms with van der Waals surface area (Å²) in [6.07, 6.45) is 3.99. The summed E-state index contributed by atoms with van der Waals surface area (Å²) >= 11 is 0. The molecule has 0 saturated carbocycles. The minimum Gasteiger partial charge on any atom is -0.379 e. The normalized spacial score (nSPS) is 11.3. The lowest BCUT2D eigenvalue weighted by molar-refractivity contribution is 0.0770. The fourth-order valence-corrected chi connectivity index (χ4v) is 2.01. The number of ether oxygens (including phenoxy) is 1. The molecule has 0 aliphatic carbocycles. The summed E-state index contributed by atoms with van der Waals surface area (Å²) < 4.78 is 7.18. The number of hydrogen-bond donors (Lipinski definition) is 1. The lowest BCUT2D eigenvalue weighted by Crippen LogP contribution is -2.20. The second-order valence-electron chi connectivity index (χ2n) is 5.33. The quantitative estimate of drug-likeness (QED) is 0.708. The Morgan fingerprint density at radius 2 is 2.23 bits per heavy atom. The van der Waals surface area contributed by atoms with Crippen molar-refractivity contribution in [2.24, 2.45) is 0 Å². The van der Waals surface area contributed by atoms with Gasteiger partial charge in [-0.2, -0.15) is 4.68 Å². The molecule has 2 heterocycles. The van der Waals surface area contributed by atoms with Gasteiger partial charge in [-0.3, -0.25) is 0 Å². The summed E-state index contributed by atoms with van der Waals surface area (Å²) in [5, 5.41) is 15.2. The maximum atomic E-state index is 5.50. The van der Waals surface area contributed by atoms with Gasteiger partial charge in [-0.05, 0) is 61.4 Å². The Kier molecular flexibility index (Phi) is 6.42. The van der Waals surface area contributed by atoms with Crippen molar-refractivity contribution in [1.29, 1.82) is 0 Å². The number of aryl methyl sites for hydroxylation is 1. The van der Waals surface area contributed by atoms with E-state index in [2.05, 4.69) is 32.7 Å². The number of aromatic nitrogens is 5. The summed E-state index contributed by atoms with van der Waals surface area (Å²) in [5.41, 5.74) is 1.21. The first-order chi connectivity index (χ1) is 10.7. The summed E-state index contributed by atoms with van der Waals surface area (Å²) in [7, 11) is 0. The molecule has 22 heavy (non-hydrogen) atoms. The molecule has 7 nitrogen and oxygen atoms in total. The molecular formula is C15H24N6O. The van der Waals surface area contributed by atoms with Crippen LogP contribution in [0.5, 0.6) is 0 Å². The SMILES string of the molecule is CCc1ccnc(-n2nnnc2CNCCCOC(C)C)c1. The Morgan fingerprint density at radius 1 is 1.36 bits per heavy atom. The Balaban J connectivity index is 1.87. The predicted octanol–water partition coefficient (Wildman–Crippen LogP) is 1.52. The van der Waals surface area contributed by atoms with E-state index >= 15 is 0 Å². The van der Waals surface area contributed by atoms with Gasteiger partial charge in [0.15, 0.2) is 11.6 Å². The molecule has 0 spiro atoms. The molecule has 7 heteroatoms. The minimum absolute atomic E-state index is 0.282. The fraction of sp³-hybridized carbons (Fsp3) is 0.600. The number of nitrogens with one attached hydrogen (secondary N) is 1. The van der Waals surface area contributed by atoms with Gasteiger partial charge in [-0.15, -0.1) is 5.10 Å². The molecule has 0 bridgehead atoms. The van der Waals surface area contributed by atoms with Gasteiger partial charge in [-0.1, -0.05) is 6.92 Å². The predicted molar refractivity (Wildman–Crippen MR) is 83.7 cm³/mol. The second kappa shape index (κ2) is 8.55. The monoisotopic (exact) mass is 304 g/mol. The number of nitrogens with zero attached hydrogens (tertiary/aromatic N) is 5. The van der Waals surface area contributed by atoms with Crippen molar-refractivity contribution in [2.75, 3.05) is 13.2 Å². The Morgan fingerprint density at radius 3 is 3.00 bits per heavy atom. The van der Waals surface area contributed by atoms with Crippen LogP contribution < -0.4 is 5.32 Å². The van der Waals surface area contributed by atoms with E-state index in [1.54, 1.807) is 10.9 Å². The molecule has 2 aromatic rings. The van der Waals surface area contributed by atoms with E-state index in [9.17, 15) is 0 Å². The van der Waals surface area contributed by atoms with E-state index in [0.717, 1.165) is 37.6 Å². The number of rotatable bonds is 9. The van der Waals surface area contributed by atoms with Crippen molar-refractivity contribution in [2.45, 2.75) is 46.3 Å². The van der Waals surface area contributed by atoms with Gasteiger partial charge in [0.05, 0.1) is 12.6 Å². The van der Waals surface area contributed by atoms with Gasteiger partial charge in [0.2, 0.25) is 0 Å². The van der Waals surface area contributed by atoms with Crippen LogP contribution in [0.15, 0.2) is 18.3 Å². The highest BCUT2D eigenvalue weighted by atomic mass is 16.5. The minimum atomic E-state index is 0.282.